The molecule has 7 nitrogen and oxygen atoms in total. The summed E-state index contributed by atoms with van der Waals surface area (Å²) in [6, 6.07) is 4.94. The molecule has 1 aromatic rings. The van der Waals surface area contributed by atoms with Crippen LogP contribution >= 0.6 is 0 Å². The number of rotatable bonds is 4. The fourth-order valence-electron chi connectivity index (χ4n) is 3.14. The SMILES string of the molecule is COc1cccc(S(=O)(=O)N2C[C@@H](F)C[C@H]2C(=O)N2CCOCC2)c1. The molecule has 0 bridgehead atoms. The lowest BCUT2D eigenvalue weighted by atomic mass is 10.2. The van der Waals surface area contributed by atoms with E-state index < -0.39 is 22.2 Å². The lowest BCUT2D eigenvalue weighted by Gasteiger charge is -2.32. The molecule has 9 heteroatoms. The molecule has 2 saturated heterocycles. The number of nitrogens with zero attached hydrogens (tertiary/aromatic N) is 2. The molecule has 0 radical (unpaired) electrons. The van der Waals surface area contributed by atoms with Crippen LogP contribution in [0.3, 0.4) is 0 Å². The number of halogens is 1. The number of methoxy groups -OCH3 is 1. The van der Waals surface area contributed by atoms with Gasteiger partial charge in [-0.25, -0.2) is 12.8 Å². The van der Waals surface area contributed by atoms with Crippen LogP contribution < -0.4 is 4.74 Å². The summed E-state index contributed by atoms with van der Waals surface area (Å²) in [5, 5.41) is 0. The monoisotopic (exact) mass is 372 g/mol. The molecule has 0 spiro atoms. The summed E-state index contributed by atoms with van der Waals surface area (Å²) in [5.41, 5.74) is 0. The third kappa shape index (κ3) is 3.63. The zero-order chi connectivity index (χ0) is 18.0. The van der Waals surface area contributed by atoms with Gasteiger partial charge in [0.25, 0.3) is 0 Å². The van der Waals surface area contributed by atoms with Gasteiger partial charge in [0.1, 0.15) is 18.0 Å². The number of carbonyl (C=O) groups excluding carboxylic acids is 1. The van der Waals surface area contributed by atoms with Gasteiger partial charge in [0.2, 0.25) is 15.9 Å². The standard InChI is InChI=1S/C16H21FN2O5S/c1-23-13-3-2-4-14(10-13)25(21,22)19-11-12(17)9-15(19)16(20)18-5-7-24-8-6-18/h2-4,10,12,15H,5-9,11H2,1H3/t12-,15-/m0/s1. The quantitative estimate of drug-likeness (QED) is 0.776. The van der Waals surface area contributed by atoms with Crippen LogP contribution in [0.15, 0.2) is 29.2 Å². The number of ether oxygens (including phenoxy) is 2. The van der Waals surface area contributed by atoms with Gasteiger partial charge < -0.3 is 14.4 Å². The van der Waals surface area contributed by atoms with Crippen molar-refractivity contribution < 1.29 is 27.1 Å². The average molecular weight is 372 g/mol. The van der Waals surface area contributed by atoms with E-state index in [1.807, 2.05) is 0 Å². The zero-order valence-electron chi connectivity index (χ0n) is 13.9. The molecule has 0 N–H and O–H groups in total. The molecule has 25 heavy (non-hydrogen) atoms. The van der Waals surface area contributed by atoms with Gasteiger partial charge in [-0.05, 0) is 12.1 Å². The molecule has 0 aromatic heterocycles. The topological polar surface area (TPSA) is 76.2 Å². The molecule has 2 aliphatic rings. The molecule has 1 aromatic carbocycles. The Hall–Kier alpha value is -1.71. The Morgan fingerprint density at radius 1 is 1.32 bits per heavy atom. The van der Waals surface area contributed by atoms with Crippen molar-refractivity contribution in [1.29, 1.82) is 0 Å². The van der Waals surface area contributed by atoms with Crippen LogP contribution in [0.5, 0.6) is 5.75 Å². The van der Waals surface area contributed by atoms with Crippen LogP contribution in [0.25, 0.3) is 0 Å². The fourth-order valence-corrected chi connectivity index (χ4v) is 4.79. The van der Waals surface area contributed by atoms with Gasteiger partial charge >= 0.3 is 0 Å². The second kappa shape index (κ2) is 7.27. The van der Waals surface area contributed by atoms with E-state index in [-0.39, 0.29) is 23.8 Å². The predicted octanol–water partition coefficient (Wildman–Crippen LogP) is 0.655. The zero-order valence-corrected chi connectivity index (χ0v) is 14.7. The maximum atomic E-state index is 14.0. The molecule has 138 valence electrons. The van der Waals surface area contributed by atoms with Crippen molar-refractivity contribution in [2.75, 3.05) is 40.0 Å². The van der Waals surface area contributed by atoms with E-state index in [9.17, 15) is 17.6 Å². The fraction of sp³-hybridized carbons (Fsp3) is 0.562. The minimum absolute atomic E-state index is 0.0132. The van der Waals surface area contributed by atoms with E-state index in [4.69, 9.17) is 9.47 Å². The van der Waals surface area contributed by atoms with Gasteiger partial charge in [-0.2, -0.15) is 4.31 Å². The highest BCUT2D eigenvalue weighted by atomic mass is 32.2. The first-order valence-corrected chi connectivity index (χ1v) is 9.54. The molecule has 0 unspecified atom stereocenters. The first kappa shape index (κ1) is 18.1. The van der Waals surface area contributed by atoms with Crippen molar-refractivity contribution in [2.45, 2.75) is 23.5 Å². The summed E-state index contributed by atoms with van der Waals surface area (Å²) in [6.45, 7) is 1.26. The average Bonchev–Trinajstić information content (AvgIpc) is 3.04. The molecule has 0 saturated carbocycles. The molecule has 2 aliphatic heterocycles. The Labute approximate surface area is 146 Å². The number of hydrogen-bond donors (Lipinski definition) is 0. The Balaban J connectivity index is 1.88. The normalized spacial score (nSPS) is 25.1. The number of morpholine rings is 1. The number of carbonyl (C=O) groups is 1. The second-order valence-electron chi connectivity index (χ2n) is 6.04. The predicted molar refractivity (Wildman–Crippen MR) is 87.6 cm³/mol. The van der Waals surface area contributed by atoms with Crippen molar-refractivity contribution >= 4 is 15.9 Å². The second-order valence-corrected chi connectivity index (χ2v) is 7.93. The van der Waals surface area contributed by atoms with Crippen molar-refractivity contribution in [1.82, 2.24) is 9.21 Å². The summed E-state index contributed by atoms with van der Waals surface area (Å²) >= 11 is 0. The summed E-state index contributed by atoms with van der Waals surface area (Å²) in [6.07, 6.45) is -1.49. The molecule has 1 amide bonds. The van der Waals surface area contributed by atoms with Gasteiger partial charge in [-0.1, -0.05) is 6.07 Å². The van der Waals surface area contributed by atoms with Crippen molar-refractivity contribution in [3.63, 3.8) is 0 Å². The Morgan fingerprint density at radius 2 is 2.04 bits per heavy atom. The van der Waals surface area contributed by atoms with Crippen LogP contribution in [0.4, 0.5) is 4.39 Å². The van der Waals surface area contributed by atoms with E-state index in [1.165, 1.54) is 19.2 Å². The van der Waals surface area contributed by atoms with E-state index in [0.717, 1.165) is 4.31 Å². The highest BCUT2D eigenvalue weighted by molar-refractivity contribution is 7.89. The van der Waals surface area contributed by atoms with Crippen LogP contribution in [0.1, 0.15) is 6.42 Å². The highest BCUT2D eigenvalue weighted by Crippen LogP contribution is 2.30. The van der Waals surface area contributed by atoms with Crippen molar-refractivity contribution in [2.24, 2.45) is 0 Å². The Bertz CT molecular complexity index is 736. The number of alkyl halides is 1. The first-order valence-electron chi connectivity index (χ1n) is 8.10. The lowest BCUT2D eigenvalue weighted by Crippen LogP contribution is -2.50. The Morgan fingerprint density at radius 3 is 2.72 bits per heavy atom. The third-order valence-electron chi connectivity index (χ3n) is 4.46. The van der Waals surface area contributed by atoms with E-state index >= 15 is 0 Å². The lowest BCUT2D eigenvalue weighted by molar-refractivity contribution is -0.138. The van der Waals surface area contributed by atoms with Crippen LogP contribution in [-0.2, 0) is 19.6 Å². The largest absolute Gasteiger partial charge is 0.497 e. The van der Waals surface area contributed by atoms with Gasteiger partial charge in [0, 0.05) is 32.1 Å². The minimum Gasteiger partial charge on any atom is -0.497 e. The summed E-state index contributed by atoms with van der Waals surface area (Å²) in [7, 11) is -2.57. The van der Waals surface area contributed by atoms with Gasteiger partial charge in [-0.3, -0.25) is 4.79 Å². The molecular formula is C16H21FN2O5S. The number of hydrogen-bond acceptors (Lipinski definition) is 5. The number of sulfonamides is 1. The van der Waals surface area contributed by atoms with Crippen LogP contribution in [0, 0.1) is 0 Å². The van der Waals surface area contributed by atoms with Crippen molar-refractivity contribution in [3.8, 4) is 5.75 Å². The summed E-state index contributed by atoms with van der Waals surface area (Å²) < 4.78 is 51.2. The first-order chi connectivity index (χ1) is 11.9. The molecule has 0 aliphatic carbocycles. The van der Waals surface area contributed by atoms with Crippen LogP contribution in [0.2, 0.25) is 0 Å². The molecular weight excluding hydrogens is 351 g/mol. The highest BCUT2D eigenvalue weighted by Gasteiger charge is 2.45. The van der Waals surface area contributed by atoms with Crippen molar-refractivity contribution in [3.05, 3.63) is 24.3 Å². The van der Waals surface area contributed by atoms with E-state index in [2.05, 4.69) is 0 Å². The van der Waals surface area contributed by atoms with Gasteiger partial charge in [0.05, 0.1) is 25.2 Å². The van der Waals surface area contributed by atoms with Crippen LogP contribution in [-0.4, -0.2) is 75.7 Å². The maximum Gasteiger partial charge on any atom is 0.244 e. The number of benzene rings is 1. The molecule has 3 rings (SSSR count). The van der Waals surface area contributed by atoms with Gasteiger partial charge in [-0.15, -0.1) is 0 Å². The van der Waals surface area contributed by atoms with Gasteiger partial charge in [0.15, 0.2) is 0 Å². The number of amides is 1. The van der Waals surface area contributed by atoms with E-state index in [0.29, 0.717) is 32.1 Å². The third-order valence-corrected chi connectivity index (χ3v) is 6.33. The summed E-state index contributed by atoms with van der Waals surface area (Å²) in [4.78, 5) is 14.3. The smallest absolute Gasteiger partial charge is 0.244 e. The molecule has 2 heterocycles. The minimum atomic E-state index is -4.00. The van der Waals surface area contributed by atoms with E-state index in [1.54, 1.807) is 17.0 Å². The summed E-state index contributed by atoms with van der Waals surface area (Å²) in [5.74, 6) is 0.0167. The molecule has 2 fully saturated rings. The molecule has 2 atom stereocenters. The Kier molecular flexibility index (Phi) is 5.26. The maximum absolute atomic E-state index is 14.0.